The van der Waals surface area contributed by atoms with Crippen LogP contribution in [0.4, 0.5) is 0 Å². The van der Waals surface area contributed by atoms with Gasteiger partial charge < -0.3 is 5.32 Å². The Morgan fingerprint density at radius 3 is 1.77 bits per heavy atom. The Bertz CT molecular complexity index is 353. The van der Waals surface area contributed by atoms with Crippen LogP contribution in [0.2, 0.25) is 0 Å². The van der Waals surface area contributed by atoms with Gasteiger partial charge in [-0.3, -0.25) is 4.55 Å². The van der Waals surface area contributed by atoms with Crippen molar-refractivity contribution in [2.75, 3.05) is 12.3 Å². The van der Waals surface area contributed by atoms with Crippen molar-refractivity contribution in [1.29, 1.82) is 0 Å². The van der Waals surface area contributed by atoms with Crippen LogP contribution in [0.15, 0.2) is 0 Å². The summed E-state index contributed by atoms with van der Waals surface area (Å²) in [5.41, 5.74) is -0.241. The van der Waals surface area contributed by atoms with Crippen LogP contribution in [0.3, 0.4) is 0 Å². The number of hydrogen-bond donors (Lipinski definition) is 2. The minimum Gasteiger partial charge on any atom is -0.312 e. The zero-order valence-electron chi connectivity index (χ0n) is 14.9. The minimum absolute atomic E-state index is 0.176. The first-order valence-electron chi connectivity index (χ1n) is 8.97. The van der Waals surface area contributed by atoms with Crippen molar-refractivity contribution in [3.8, 4) is 0 Å². The van der Waals surface area contributed by atoms with Crippen LogP contribution >= 0.6 is 0 Å². The lowest BCUT2D eigenvalue weighted by molar-refractivity contribution is 0.365. The second-order valence-electron chi connectivity index (χ2n) is 7.03. The van der Waals surface area contributed by atoms with Gasteiger partial charge in [0.1, 0.15) is 0 Å². The van der Waals surface area contributed by atoms with Crippen LogP contribution < -0.4 is 5.32 Å². The van der Waals surface area contributed by atoms with Crippen molar-refractivity contribution in [3.05, 3.63) is 0 Å². The molecule has 0 aromatic heterocycles. The van der Waals surface area contributed by atoms with Crippen LogP contribution in [-0.2, 0) is 10.1 Å². The molecule has 0 amide bonds. The second-order valence-corrected chi connectivity index (χ2v) is 8.60. The lowest BCUT2D eigenvalue weighted by Gasteiger charge is -2.25. The highest BCUT2D eigenvalue weighted by Gasteiger charge is 2.19. The number of unbranched alkanes of at least 4 members (excludes halogenated alkanes) is 9. The average molecular weight is 336 g/mol. The molecule has 22 heavy (non-hydrogen) atoms. The maximum atomic E-state index is 10.8. The zero-order chi connectivity index (χ0) is 16.9. The van der Waals surface area contributed by atoms with Crippen molar-refractivity contribution >= 4 is 10.1 Å². The largest absolute Gasteiger partial charge is 0.312 e. The van der Waals surface area contributed by atoms with E-state index in [4.69, 9.17) is 4.55 Å². The quantitative estimate of drug-likeness (QED) is 0.340. The summed E-state index contributed by atoms with van der Waals surface area (Å²) < 4.78 is 30.3. The number of nitrogens with one attached hydrogen (secondary N) is 1. The van der Waals surface area contributed by atoms with Gasteiger partial charge in [-0.2, -0.15) is 8.42 Å². The molecule has 4 nitrogen and oxygen atoms in total. The molecule has 0 saturated heterocycles. The standard InChI is InChI=1S/C17H37NO3S/c1-4-5-6-7-8-9-10-11-12-13-15-18-17(2,3)14-16-22(19,20)21/h18H,4-16H2,1-3H3,(H,19,20,21). The van der Waals surface area contributed by atoms with Crippen molar-refractivity contribution in [2.24, 2.45) is 0 Å². The van der Waals surface area contributed by atoms with Crippen molar-refractivity contribution < 1.29 is 13.0 Å². The van der Waals surface area contributed by atoms with E-state index in [0.29, 0.717) is 6.42 Å². The molecular weight excluding hydrogens is 298 g/mol. The lowest BCUT2D eigenvalue weighted by atomic mass is 10.0. The van der Waals surface area contributed by atoms with Crippen LogP contribution in [0.25, 0.3) is 0 Å². The monoisotopic (exact) mass is 335 g/mol. The van der Waals surface area contributed by atoms with Crippen molar-refractivity contribution in [1.82, 2.24) is 5.32 Å². The third-order valence-electron chi connectivity index (χ3n) is 4.12. The van der Waals surface area contributed by atoms with Gasteiger partial charge in [-0.15, -0.1) is 0 Å². The minimum atomic E-state index is -3.85. The van der Waals surface area contributed by atoms with Gasteiger partial charge in [0.05, 0.1) is 5.75 Å². The molecule has 0 aromatic carbocycles. The van der Waals surface area contributed by atoms with E-state index >= 15 is 0 Å². The Labute approximate surface area is 138 Å². The summed E-state index contributed by atoms with van der Waals surface area (Å²) in [5, 5.41) is 3.38. The Morgan fingerprint density at radius 2 is 1.32 bits per heavy atom. The van der Waals surface area contributed by atoms with Crippen LogP contribution in [0.1, 0.15) is 91.4 Å². The van der Waals surface area contributed by atoms with Gasteiger partial charge in [-0.25, -0.2) is 0 Å². The first-order valence-corrected chi connectivity index (χ1v) is 10.6. The second kappa shape index (κ2) is 12.3. The molecule has 0 aliphatic rings. The fourth-order valence-electron chi connectivity index (χ4n) is 2.51. The molecule has 0 unspecified atom stereocenters. The maximum absolute atomic E-state index is 10.8. The first kappa shape index (κ1) is 21.9. The third kappa shape index (κ3) is 16.2. The Hall–Kier alpha value is -0.130. The highest BCUT2D eigenvalue weighted by atomic mass is 32.2. The van der Waals surface area contributed by atoms with Gasteiger partial charge in [-0.05, 0) is 33.2 Å². The zero-order valence-corrected chi connectivity index (χ0v) is 15.7. The summed E-state index contributed by atoms with van der Waals surface area (Å²) >= 11 is 0. The molecule has 0 fully saturated rings. The summed E-state index contributed by atoms with van der Waals surface area (Å²) in [6.45, 7) is 7.12. The summed E-state index contributed by atoms with van der Waals surface area (Å²) in [6, 6.07) is 0. The summed E-state index contributed by atoms with van der Waals surface area (Å²) in [6.07, 6.45) is 13.6. The van der Waals surface area contributed by atoms with E-state index < -0.39 is 10.1 Å². The third-order valence-corrected chi connectivity index (χ3v) is 4.84. The van der Waals surface area contributed by atoms with Crippen LogP contribution in [-0.4, -0.2) is 30.8 Å². The van der Waals surface area contributed by atoms with E-state index in [0.717, 1.165) is 13.0 Å². The molecule has 5 heteroatoms. The maximum Gasteiger partial charge on any atom is 0.264 e. The average Bonchev–Trinajstić information content (AvgIpc) is 2.42. The van der Waals surface area contributed by atoms with Gasteiger partial charge in [0, 0.05) is 5.54 Å². The van der Waals surface area contributed by atoms with Crippen LogP contribution in [0, 0.1) is 0 Å². The van der Waals surface area contributed by atoms with E-state index in [-0.39, 0.29) is 11.3 Å². The molecule has 0 aliphatic heterocycles. The van der Waals surface area contributed by atoms with Crippen molar-refractivity contribution in [2.45, 2.75) is 96.9 Å². The van der Waals surface area contributed by atoms with E-state index in [1.807, 2.05) is 13.8 Å². The number of hydrogen-bond acceptors (Lipinski definition) is 3. The van der Waals surface area contributed by atoms with Crippen molar-refractivity contribution in [3.63, 3.8) is 0 Å². The molecule has 134 valence electrons. The van der Waals surface area contributed by atoms with E-state index in [1.165, 1.54) is 57.8 Å². The molecule has 0 aliphatic carbocycles. The molecule has 0 rings (SSSR count). The number of rotatable bonds is 15. The molecular formula is C17H37NO3S. The molecule has 0 saturated carbocycles. The Kier molecular flexibility index (Phi) is 12.2. The summed E-state index contributed by atoms with van der Waals surface area (Å²) in [7, 11) is -3.85. The molecule has 0 atom stereocenters. The van der Waals surface area contributed by atoms with Gasteiger partial charge in [-0.1, -0.05) is 64.7 Å². The Balaban J connectivity index is 3.41. The molecule has 0 heterocycles. The summed E-state index contributed by atoms with van der Waals surface area (Å²) in [5.74, 6) is -0.176. The highest BCUT2D eigenvalue weighted by Crippen LogP contribution is 2.12. The normalized spacial score (nSPS) is 12.7. The lowest BCUT2D eigenvalue weighted by Crippen LogP contribution is -2.41. The SMILES string of the molecule is CCCCCCCCCCCCNC(C)(C)CCS(=O)(=O)O. The first-order chi connectivity index (χ1) is 10.3. The van der Waals surface area contributed by atoms with E-state index in [1.54, 1.807) is 0 Å². The fraction of sp³-hybridized carbons (Fsp3) is 1.00. The molecule has 0 aromatic rings. The van der Waals surface area contributed by atoms with Gasteiger partial charge >= 0.3 is 0 Å². The van der Waals surface area contributed by atoms with Gasteiger partial charge in [0.25, 0.3) is 10.1 Å². The van der Waals surface area contributed by atoms with Gasteiger partial charge in [0.2, 0.25) is 0 Å². The predicted molar refractivity (Wildman–Crippen MR) is 95.0 cm³/mol. The Morgan fingerprint density at radius 1 is 0.864 bits per heavy atom. The van der Waals surface area contributed by atoms with Crippen LogP contribution in [0.5, 0.6) is 0 Å². The smallest absolute Gasteiger partial charge is 0.264 e. The van der Waals surface area contributed by atoms with E-state index in [2.05, 4.69) is 12.2 Å². The highest BCUT2D eigenvalue weighted by molar-refractivity contribution is 7.85. The topological polar surface area (TPSA) is 66.4 Å². The van der Waals surface area contributed by atoms with E-state index in [9.17, 15) is 8.42 Å². The summed E-state index contributed by atoms with van der Waals surface area (Å²) in [4.78, 5) is 0. The molecule has 0 spiro atoms. The predicted octanol–water partition coefficient (Wildman–Crippen LogP) is 4.55. The molecule has 0 radical (unpaired) electrons. The molecule has 0 bridgehead atoms. The fourth-order valence-corrected chi connectivity index (χ4v) is 3.28. The molecule has 2 N–H and O–H groups in total. The van der Waals surface area contributed by atoms with Gasteiger partial charge in [0.15, 0.2) is 0 Å².